The van der Waals surface area contributed by atoms with Gasteiger partial charge in [-0.15, -0.1) is 0 Å². The molecule has 0 aromatic heterocycles. The van der Waals surface area contributed by atoms with Gasteiger partial charge in [-0.05, 0) is 12.8 Å². The van der Waals surface area contributed by atoms with Gasteiger partial charge in [-0.25, -0.2) is 4.79 Å². The summed E-state index contributed by atoms with van der Waals surface area (Å²) in [5.74, 6) is 0.0582. The SMILES string of the molecule is NC(=O)N1CCC[C@H](C(=O)N2CC[NH+](C(c3ccccc3)c3ccccc3)CC2)C1. The fourth-order valence-electron chi connectivity index (χ4n) is 4.89. The molecule has 3 amide bonds. The number of hydrogen-bond acceptors (Lipinski definition) is 2. The predicted molar refractivity (Wildman–Crippen MR) is 116 cm³/mol. The number of amides is 3. The number of carbonyl (C=O) groups excluding carboxylic acids is 2. The van der Waals surface area contributed by atoms with Gasteiger partial charge in [0.15, 0.2) is 0 Å². The molecule has 4 rings (SSSR count). The van der Waals surface area contributed by atoms with E-state index in [0.29, 0.717) is 13.1 Å². The summed E-state index contributed by atoms with van der Waals surface area (Å²) < 4.78 is 0. The molecule has 2 saturated heterocycles. The highest BCUT2D eigenvalue weighted by Gasteiger charge is 2.35. The fourth-order valence-corrected chi connectivity index (χ4v) is 4.89. The van der Waals surface area contributed by atoms with Crippen LogP contribution in [-0.4, -0.2) is 61.0 Å². The van der Waals surface area contributed by atoms with Gasteiger partial charge in [-0.1, -0.05) is 60.7 Å². The molecule has 2 aromatic rings. The Bertz CT molecular complexity index is 811. The number of primary amides is 1. The van der Waals surface area contributed by atoms with Gasteiger partial charge in [0.2, 0.25) is 5.91 Å². The van der Waals surface area contributed by atoms with E-state index in [-0.39, 0.29) is 17.9 Å². The van der Waals surface area contributed by atoms with E-state index in [9.17, 15) is 9.59 Å². The molecule has 6 nitrogen and oxygen atoms in total. The van der Waals surface area contributed by atoms with E-state index >= 15 is 0 Å². The largest absolute Gasteiger partial charge is 0.351 e. The molecule has 0 spiro atoms. The number of benzene rings is 2. The minimum atomic E-state index is -0.421. The molecule has 3 N–H and O–H groups in total. The highest BCUT2D eigenvalue weighted by Crippen LogP contribution is 2.21. The molecule has 0 bridgehead atoms. The zero-order chi connectivity index (χ0) is 20.9. The Morgan fingerprint density at radius 1 is 0.867 bits per heavy atom. The van der Waals surface area contributed by atoms with Gasteiger partial charge < -0.3 is 20.4 Å². The first kappa shape index (κ1) is 20.4. The third kappa shape index (κ3) is 4.49. The highest BCUT2D eigenvalue weighted by molar-refractivity contribution is 5.80. The maximum Gasteiger partial charge on any atom is 0.314 e. The number of piperidine rings is 1. The summed E-state index contributed by atoms with van der Waals surface area (Å²) in [5, 5.41) is 0. The van der Waals surface area contributed by atoms with Crippen molar-refractivity contribution < 1.29 is 14.5 Å². The number of nitrogens with zero attached hydrogens (tertiary/aromatic N) is 2. The van der Waals surface area contributed by atoms with Crippen LogP contribution in [0, 0.1) is 5.92 Å². The molecule has 2 aliphatic rings. The molecule has 2 aromatic carbocycles. The van der Waals surface area contributed by atoms with Crippen molar-refractivity contribution in [3.63, 3.8) is 0 Å². The van der Waals surface area contributed by atoms with Crippen molar-refractivity contribution in [3.8, 4) is 0 Å². The fraction of sp³-hybridized carbons (Fsp3) is 0.417. The first-order chi connectivity index (χ1) is 14.6. The van der Waals surface area contributed by atoms with Crippen LogP contribution in [0.2, 0.25) is 0 Å². The topological polar surface area (TPSA) is 71.1 Å². The first-order valence-electron chi connectivity index (χ1n) is 10.9. The smallest absolute Gasteiger partial charge is 0.314 e. The third-order valence-electron chi connectivity index (χ3n) is 6.47. The average molecular weight is 408 g/mol. The van der Waals surface area contributed by atoms with Crippen molar-refractivity contribution in [1.29, 1.82) is 0 Å². The summed E-state index contributed by atoms with van der Waals surface area (Å²) >= 11 is 0. The van der Waals surface area contributed by atoms with E-state index in [1.165, 1.54) is 16.0 Å². The van der Waals surface area contributed by atoms with Gasteiger partial charge in [0.05, 0.1) is 32.1 Å². The second kappa shape index (κ2) is 9.30. The number of urea groups is 1. The van der Waals surface area contributed by atoms with E-state index < -0.39 is 6.03 Å². The number of nitrogens with two attached hydrogens (primary N) is 1. The van der Waals surface area contributed by atoms with E-state index in [0.717, 1.165) is 39.0 Å². The zero-order valence-corrected chi connectivity index (χ0v) is 17.4. The monoisotopic (exact) mass is 407 g/mol. The average Bonchev–Trinajstić information content (AvgIpc) is 2.81. The Hall–Kier alpha value is -2.86. The van der Waals surface area contributed by atoms with Crippen LogP contribution < -0.4 is 10.6 Å². The third-order valence-corrected chi connectivity index (χ3v) is 6.47. The summed E-state index contributed by atoms with van der Waals surface area (Å²) in [6, 6.07) is 21.1. The lowest BCUT2D eigenvalue weighted by Gasteiger charge is -2.39. The number of quaternary nitrogens is 1. The summed E-state index contributed by atoms with van der Waals surface area (Å²) in [5.41, 5.74) is 8.05. The summed E-state index contributed by atoms with van der Waals surface area (Å²) in [6.45, 7) is 4.43. The van der Waals surface area contributed by atoms with Gasteiger partial charge in [0.1, 0.15) is 6.04 Å². The lowest BCUT2D eigenvalue weighted by Crippen LogP contribution is -3.15. The molecular formula is C24H31N4O2+. The summed E-state index contributed by atoms with van der Waals surface area (Å²) in [4.78, 5) is 29.7. The van der Waals surface area contributed by atoms with Gasteiger partial charge in [-0.2, -0.15) is 0 Å². The maximum absolute atomic E-state index is 13.1. The maximum atomic E-state index is 13.1. The molecule has 6 heteroatoms. The van der Waals surface area contributed by atoms with Crippen LogP contribution in [0.15, 0.2) is 60.7 Å². The molecule has 2 fully saturated rings. The molecule has 158 valence electrons. The number of carbonyl (C=O) groups is 2. The molecule has 0 radical (unpaired) electrons. The predicted octanol–water partition coefficient (Wildman–Crippen LogP) is 1.29. The van der Waals surface area contributed by atoms with Crippen molar-refractivity contribution in [2.24, 2.45) is 11.7 Å². The van der Waals surface area contributed by atoms with Crippen molar-refractivity contribution in [2.75, 3.05) is 39.3 Å². The minimum absolute atomic E-state index is 0.119. The van der Waals surface area contributed by atoms with Crippen molar-refractivity contribution in [1.82, 2.24) is 9.80 Å². The standard InChI is InChI=1S/C24H30N4O2/c25-24(30)28-13-7-12-21(18-28)23(29)27-16-14-26(15-17-27)22(19-8-3-1-4-9-19)20-10-5-2-6-11-20/h1-6,8-11,21-22H,7,12-18H2,(H2,25,30)/p+1/t21-/m0/s1. The number of hydrogen-bond donors (Lipinski definition) is 2. The molecule has 2 aliphatic heterocycles. The van der Waals surface area contributed by atoms with Crippen LogP contribution in [-0.2, 0) is 4.79 Å². The Kier molecular flexibility index (Phi) is 6.33. The van der Waals surface area contributed by atoms with Crippen molar-refractivity contribution in [3.05, 3.63) is 71.8 Å². The first-order valence-corrected chi connectivity index (χ1v) is 10.9. The van der Waals surface area contributed by atoms with Gasteiger partial charge in [-0.3, -0.25) is 4.79 Å². The van der Waals surface area contributed by atoms with Crippen LogP contribution in [0.25, 0.3) is 0 Å². The lowest BCUT2D eigenvalue weighted by molar-refractivity contribution is -0.929. The molecule has 0 saturated carbocycles. The molecule has 0 aliphatic carbocycles. The minimum Gasteiger partial charge on any atom is -0.351 e. The normalized spacial score (nSPS) is 20.4. The number of piperazine rings is 1. The zero-order valence-electron chi connectivity index (χ0n) is 17.4. The number of nitrogens with one attached hydrogen (secondary N) is 1. The summed E-state index contributed by atoms with van der Waals surface area (Å²) in [6.07, 6.45) is 1.68. The molecule has 1 atom stereocenters. The Morgan fingerprint density at radius 3 is 1.97 bits per heavy atom. The number of likely N-dealkylation sites (tertiary alicyclic amines) is 1. The Labute approximate surface area is 178 Å². The molecule has 30 heavy (non-hydrogen) atoms. The van der Waals surface area contributed by atoms with Crippen LogP contribution in [0.4, 0.5) is 4.79 Å². The van der Waals surface area contributed by atoms with Gasteiger partial charge >= 0.3 is 6.03 Å². The van der Waals surface area contributed by atoms with Gasteiger partial charge in [0.25, 0.3) is 0 Å². The van der Waals surface area contributed by atoms with Crippen molar-refractivity contribution in [2.45, 2.75) is 18.9 Å². The second-order valence-electron chi connectivity index (χ2n) is 8.36. The highest BCUT2D eigenvalue weighted by atomic mass is 16.2. The number of rotatable bonds is 4. The second-order valence-corrected chi connectivity index (χ2v) is 8.36. The van der Waals surface area contributed by atoms with Crippen LogP contribution in [0.3, 0.4) is 0 Å². The quantitative estimate of drug-likeness (QED) is 0.802. The summed E-state index contributed by atoms with van der Waals surface area (Å²) in [7, 11) is 0. The van der Waals surface area contributed by atoms with Gasteiger partial charge in [0, 0.05) is 24.2 Å². The van der Waals surface area contributed by atoms with Crippen LogP contribution >= 0.6 is 0 Å². The van der Waals surface area contributed by atoms with Crippen molar-refractivity contribution >= 4 is 11.9 Å². The molecular weight excluding hydrogens is 376 g/mol. The Balaban J connectivity index is 1.43. The van der Waals surface area contributed by atoms with E-state index in [1.807, 2.05) is 4.90 Å². The van der Waals surface area contributed by atoms with E-state index in [2.05, 4.69) is 60.7 Å². The Morgan fingerprint density at radius 2 is 1.43 bits per heavy atom. The lowest BCUT2D eigenvalue weighted by atomic mass is 9.95. The van der Waals surface area contributed by atoms with Crippen LogP contribution in [0.5, 0.6) is 0 Å². The molecule has 2 heterocycles. The molecule has 0 unspecified atom stereocenters. The van der Waals surface area contributed by atoms with E-state index in [4.69, 9.17) is 5.73 Å². The van der Waals surface area contributed by atoms with E-state index in [1.54, 1.807) is 4.90 Å². The van der Waals surface area contributed by atoms with Crippen LogP contribution in [0.1, 0.15) is 30.0 Å².